The van der Waals surface area contributed by atoms with E-state index in [1.807, 2.05) is 17.9 Å². The maximum atomic E-state index is 13.5. The van der Waals surface area contributed by atoms with Crippen LogP contribution in [0, 0.1) is 11.8 Å². The fourth-order valence-corrected chi connectivity index (χ4v) is 7.52. The number of benzene rings is 1. The van der Waals surface area contributed by atoms with Gasteiger partial charge in [0, 0.05) is 30.4 Å². The topological polar surface area (TPSA) is 172 Å². The van der Waals surface area contributed by atoms with Crippen molar-refractivity contribution in [2.24, 2.45) is 11.8 Å². The molecule has 2 amide bonds. The summed E-state index contributed by atoms with van der Waals surface area (Å²) in [7, 11) is -3.67. The number of nitrogen functional groups attached to an aromatic ring is 1. The molecule has 0 spiro atoms. The average Bonchev–Trinajstić information content (AvgIpc) is 3.87. The fraction of sp³-hybridized carbons (Fsp3) is 0.533. The minimum atomic E-state index is -3.67. The largest absolute Gasteiger partial charge is 0.390 e. The number of nitrogens with one attached hydrogen (secondary N) is 2. The molecule has 12 nitrogen and oxygen atoms in total. The van der Waals surface area contributed by atoms with Gasteiger partial charge in [-0.25, -0.2) is 17.9 Å². The molecule has 1 unspecified atom stereocenters. The molecule has 0 radical (unpaired) electrons. The van der Waals surface area contributed by atoms with Gasteiger partial charge in [0.2, 0.25) is 10.0 Å². The highest BCUT2D eigenvalue weighted by molar-refractivity contribution is 7.92. The molecule has 3 aromatic rings. The Hall–Kier alpha value is -3.71. The summed E-state index contributed by atoms with van der Waals surface area (Å²) in [6, 6.07) is 5.24. The number of carbonyl (C=O) groups is 2. The molecule has 4 aliphatic rings. The van der Waals surface area contributed by atoms with Crippen LogP contribution >= 0.6 is 0 Å². The standard InChI is InChI=1S/C30H37N7O5S/c1-16(17-3-4-17)36-15-19-13-18(14-23(24(19)29(36)39)35-43(2,41)42)22-9-12-37-27(33-22)25(26(31)34-37)28(38)32-21-7-5-20(6-8-21)30(40)10-11-30/h9,12-14,16-17,20-21,35,40H,3-8,10-11,15H2,1-2H3,(H2,31,34)(H,32,38). The number of sulfonamides is 1. The van der Waals surface area contributed by atoms with Crippen LogP contribution in [-0.2, 0) is 16.6 Å². The van der Waals surface area contributed by atoms with Gasteiger partial charge in [-0.15, -0.1) is 5.10 Å². The predicted molar refractivity (Wildman–Crippen MR) is 161 cm³/mol. The summed E-state index contributed by atoms with van der Waals surface area (Å²) in [5, 5.41) is 17.9. The maximum Gasteiger partial charge on any atom is 0.259 e. The van der Waals surface area contributed by atoms with E-state index in [4.69, 9.17) is 10.7 Å². The minimum absolute atomic E-state index is 0.0246. The predicted octanol–water partition coefficient (Wildman–Crippen LogP) is 2.92. The van der Waals surface area contributed by atoms with E-state index in [1.54, 1.807) is 18.3 Å². The zero-order valence-electron chi connectivity index (χ0n) is 24.3. The molecule has 3 fully saturated rings. The Labute approximate surface area is 250 Å². The van der Waals surface area contributed by atoms with Gasteiger partial charge >= 0.3 is 0 Å². The maximum absolute atomic E-state index is 13.5. The number of carbonyl (C=O) groups excluding carboxylic acids is 2. The molecule has 0 saturated heterocycles. The van der Waals surface area contributed by atoms with Crippen LogP contribution in [0.2, 0.25) is 0 Å². The second-order valence-electron chi connectivity index (χ2n) is 12.9. The summed E-state index contributed by atoms with van der Waals surface area (Å²) in [4.78, 5) is 33.5. The number of rotatable bonds is 8. The molecule has 3 heterocycles. The quantitative estimate of drug-likeness (QED) is 0.303. The van der Waals surface area contributed by atoms with E-state index in [2.05, 4.69) is 15.1 Å². The molecule has 43 heavy (non-hydrogen) atoms. The molecule has 1 aromatic carbocycles. The first-order valence-electron chi connectivity index (χ1n) is 15.0. The molecule has 0 bridgehead atoms. The van der Waals surface area contributed by atoms with Crippen LogP contribution in [-0.4, -0.2) is 68.8 Å². The van der Waals surface area contributed by atoms with Gasteiger partial charge < -0.3 is 21.1 Å². The number of aromatic nitrogens is 3. The Kier molecular flexibility index (Phi) is 6.47. The second-order valence-corrected chi connectivity index (χ2v) is 14.7. The highest BCUT2D eigenvalue weighted by Gasteiger charge is 2.48. The van der Waals surface area contributed by atoms with Crippen molar-refractivity contribution in [2.45, 2.75) is 82.5 Å². The summed E-state index contributed by atoms with van der Waals surface area (Å²) >= 11 is 0. The zero-order valence-corrected chi connectivity index (χ0v) is 25.2. The van der Waals surface area contributed by atoms with Gasteiger partial charge in [-0.3, -0.25) is 14.3 Å². The van der Waals surface area contributed by atoms with Crippen LogP contribution in [0.5, 0.6) is 0 Å². The van der Waals surface area contributed by atoms with Gasteiger partial charge in [0.05, 0.1) is 28.8 Å². The van der Waals surface area contributed by atoms with Crippen molar-refractivity contribution in [1.82, 2.24) is 24.8 Å². The Morgan fingerprint density at radius 1 is 1.16 bits per heavy atom. The first-order chi connectivity index (χ1) is 20.4. The molecular weight excluding hydrogens is 570 g/mol. The van der Waals surface area contributed by atoms with Crippen LogP contribution in [0.3, 0.4) is 0 Å². The Bertz CT molecular complexity index is 1750. The zero-order chi connectivity index (χ0) is 30.3. The summed E-state index contributed by atoms with van der Waals surface area (Å²) in [6.45, 7) is 2.42. The van der Waals surface area contributed by atoms with E-state index >= 15 is 0 Å². The molecule has 5 N–H and O–H groups in total. The lowest BCUT2D eigenvalue weighted by Gasteiger charge is -2.32. The number of fused-ring (bicyclic) bond motifs is 2. The minimum Gasteiger partial charge on any atom is -0.390 e. The van der Waals surface area contributed by atoms with Gasteiger partial charge in [-0.2, -0.15) is 0 Å². The van der Waals surface area contributed by atoms with E-state index in [9.17, 15) is 23.1 Å². The van der Waals surface area contributed by atoms with Gasteiger partial charge in [0.25, 0.3) is 11.8 Å². The number of nitrogens with zero attached hydrogens (tertiary/aromatic N) is 4. The van der Waals surface area contributed by atoms with Gasteiger partial charge in [-0.05, 0) is 93.9 Å². The molecule has 13 heteroatoms. The van der Waals surface area contributed by atoms with E-state index in [1.165, 1.54) is 4.52 Å². The van der Waals surface area contributed by atoms with Crippen LogP contribution in [0.25, 0.3) is 16.9 Å². The fourth-order valence-electron chi connectivity index (χ4n) is 6.96. The third-order valence-electron chi connectivity index (χ3n) is 9.75. The molecular formula is C30H37N7O5S. The Balaban J connectivity index is 1.19. The van der Waals surface area contributed by atoms with Crippen LogP contribution in [0.4, 0.5) is 11.5 Å². The van der Waals surface area contributed by atoms with E-state index in [0.29, 0.717) is 35.2 Å². The summed E-state index contributed by atoms with van der Waals surface area (Å²) in [5.74, 6) is 0.282. The van der Waals surface area contributed by atoms with Crippen molar-refractivity contribution >= 4 is 39.0 Å². The lowest BCUT2D eigenvalue weighted by Crippen LogP contribution is -2.40. The number of hydrogen-bond acceptors (Lipinski definition) is 8. The lowest BCUT2D eigenvalue weighted by atomic mass is 9.81. The van der Waals surface area contributed by atoms with Crippen molar-refractivity contribution in [3.63, 3.8) is 0 Å². The van der Waals surface area contributed by atoms with E-state index < -0.39 is 15.6 Å². The van der Waals surface area contributed by atoms with Crippen LogP contribution in [0.15, 0.2) is 24.4 Å². The summed E-state index contributed by atoms with van der Waals surface area (Å²) < 4.78 is 28.6. The van der Waals surface area contributed by atoms with Crippen molar-refractivity contribution in [3.8, 4) is 11.3 Å². The smallest absolute Gasteiger partial charge is 0.259 e. The number of aliphatic hydroxyl groups is 1. The number of amides is 2. The van der Waals surface area contributed by atoms with Gasteiger partial charge in [0.15, 0.2) is 11.5 Å². The number of anilines is 2. The third-order valence-corrected chi connectivity index (χ3v) is 10.3. The lowest BCUT2D eigenvalue weighted by molar-refractivity contribution is 0.0541. The van der Waals surface area contributed by atoms with E-state index in [-0.39, 0.29) is 46.6 Å². The molecule has 2 aromatic heterocycles. The van der Waals surface area contributed by atoms with Crippen molar-refractivity contribution in [3.05, 3.63) is 41.1 Å². The monoisotopic (exact) mass is 607 g/mol. The van der Waals surface area contributed by atoms with Crippen LogP contribution < -0.4 is 15.8 Å². The average molecular weight is 608 g/mol. The third kappa shape index (κ3) is 5.22. The molecule has 1 aliphatic heterocycles. The van der Waals surface area contributed by atoms with Crippen molar-refractivity contribution in [1.29, 1.82) is 0 Å². The SMILES string of the molecule is CC(C1CC1)N1Cc2cc(-c3ccn4nc(N)c(C(=O)NC5CCC(C6(O)CC6)CC5)c4n3)cc(NS(C)(=O)=O)c2C1=O. The molecule has 3 aliphatic carbocycles. The van der Waals surface area contributed by atoms with Crippen LogP contribution in [0.1, 0.15) is 84.6 Å². The first-order valence-corrected chi connectivity index (χ1v) is 16.9. The molecule has 3 saturated carbocycles. The molecule has 7 rings (SSSR count). The Morgan fingerprint density at radius 2 is 1.88 bits per heavy atom. The normalized spacial score (nSPS) is 23.7. The molecule has 228 valence electrons. The van der Waals surface area contributed by atoms with E-state index in [0.717, 1.165) is 63.2 Å². The number of hydrogen-bond donors (Lipinski definition) is 4. The number of nitrogens with two attached hydrogens (primary N) is 1. The second kappa shape index (κ2) is 9.91. The van der Waals surface area contributed by atoms with Gasteiger partial charge in [0.1, 0.15) is 5.56 Å². The highest BCUT2D eigenvalue weighted by atomic mass is 32.2. The first kappa shape index (κ1) is 28.1. The highest BCUT2D eigenvalue weighted by Crippen LogP contribution is 2.48. The summed E-state index contributed by atoms with van der Waals surface area (Å²) in [6.07, 6.45) is 9.94. The van der Waals surface area contributed by atoms with Crippen molar-refractivity contribution in [2.75, 3.05) is 16.7 Å². The molecule has 1 atom stereocenters. The summed E-state index contributed by atoms with van der Waals surface area (Å²) in [5.41, 5.74) is 8.55. The Morgan fingerprint density at radius 3 is 2.53 bits per heavy atom. The van der Waals surface area contributed by atoms with Crippen molar-refractivity contribution < 1.29 is 23.1 Å². The van der Waals surface area contributed by atoms with Gasteiger partial charge in [-0.1, -0.05) is 0 Å².